The Hall–Kier alpha value is -1.58. The highest BCUT2D eigenvalue weighted by atomic mass is 28.3. The van der Waals surface area contributed by atoms with E-state index in [1.807, 2.05) is 0 Å². The highest BCUT2D eigenvalue weighted by molar-refractivity contribution is 6.83. The van der Waals surface area contributed by atoms with Crippen LogP contribution in [-0.4, -0.2) is 44.9 Å². The number of ether oxygens (including phenoxy) is 3. The second-order valence-electron chi connectivity index (χ2n) is 5.88. The Balaban J connectivity index is 2.79. The van der Waals surface area contributed by atoms with Crippen LogP contribution in [0.4, 0.5) is 0 Å². The Labute approximate surface area is 126 Å². The highest BCUT2D eigenvalue weighted by Gasteiger charge is 2.30. The van der Waals surface area contributed by atoms with E-state index in [0.717, 1.165) is 0 Å². The molecule has 0 bridgehead atoms. The summed E-state index contributed by atoms with van der Waals surface area (Å²) in [7, 11) is -1.49. The average Bonchev–Trinajstić information content (AvgIpc) is 2.34. The van der Waals surface area contributed by atoms with Crippen LogP contribution in [0.2, 0.25) is 19.6 Å². The molecule has 116 valence electrons. The van der Waals surface area contributed by atoms with Gasteiger partial charge < -0.3 is 14.2 Å². The quantitative estimate of drug-likeness (QED) is 0.343. The summed E-state index contributed by atoms with van der Waals surface area (Å²) in [6.07, 6.45) is 2.03. The van der Waals surface area contributed by atoms with Crippen LogP contribution < -0.4 is 0 Å². The molecule has 5 nitrogen and oxygen atoms in total. The van der Waals surface area contributed by atoms with Crippen LogP contribution in [0.3, 0.4) is 0 Å². The number of rotatable bonds is 3. The van der Waals surface area contributed by atoms with Gasteiger partial charge in [0.15, 0.2) is 0 Å². The number of carbonyl (C=O) groups excluding carboxylic acids is 2. The van der Waals surface area contributed by atoms with E-state index >= 15 is 0 Å². The van der Waals surface area contributed by atoms with Crippen molar-refractivity contribution in [3.63, 3.8) is 0 Å². The largest absolute Gasteiger partial charge is 0.463 e. The molecule has 1 aliphatic heterocycles. The van der Waals surface area contributed by atoms with Gasteiger partial charge in [-0.25, -0.2) is 0 Å². The monoisotopic (exact) mass is 310 g/mol. The summed E-state index contributed by atoms with van der Waals surface area (Å²) in [6, 6.07) is 0. The summed E-state index contributed by atoms with van der Waals surface area (Å²) < 4.78 is 15.9. The average molecular weight is 310 g/mol. The Morgan fingerprint density at radius 2 is 1.86 bits per heavy atom. The fourth-order valence-electron chi connectivity index (χ4n) is 1.66. The highest BCUT2D eigenvalue weighted by Crippen LogP contribution is 2.17. The van der Waals surface area contributed by atoms with Gasteiger partial charge in [-0.05, 0) is 12.2 Å². The molecule has 1 aliphatic rings. The maximum Gasteiger partial charge on any atom is 0.303 e. The summed E-state index contributed by atoms with van der Waals surface area (Å²) in [5.74, 6) is 2.26. The van der Waals surface area contributed by atoms with Crippen LogP contribution >= 0.6 is 0 Å². The number of hydrogen-bond donors (Lipinski definition) is 0. The lowest BCUT2D eigenvalue weighted by Gasteiger charge is -2.29. The first-order valence-electron chi connectivity index (χ1n) is 6.84. The van der Waals surface area contributed by atoms with Crippen molar-refractivity contribution in [1.29, 1.82) is 0 Å². The van der Waals surface area contributed by atoms with Gasteiger partial charge in [-0.3, -0.25) is 9.59 Å². The minimum Gasteiger partial charge on any atom is -0.463 e. The predicted molar refractivity (Wildman–Crippen MR) is 81.1 cm³/mol. The third kappa shape index (κ3) is 7.11. The van der Waals surface area contributed by atoms with Gasteiger partial charge in [0.25, 0.3) is 0 Å². The van der Waals surface area contributed by atoms with Crippen LogP contribution in [0.25, 0.3) is 0 Å². The maximum absolute atomic E-state index is 11.1. The third-order valence-corrected chi connectivity index (χ3v) is 3.40. The minimum atomic E-state index is -1.49. The lowest BCUT2D eigenvalue weighted by Crippen LogP contribution is -2.41. The molecule has 3 atom stereocenters. The van der Waals surface area contributed by atoms with Gasteiger partial charge in [0.05, 0.1) is 0 Å². The molecular weight excluding hydrogens is 288 g/mol. The van der Waals surface area contributed by atoms with E-state index in [0.29, 0.717) is 0 Å². The Morgan fingerprint density at radius 3 is 2.38 bits per heavy atom. The zero-order valence-electron chi connectivity index (χ0n) is 13.1. The minimum absolute atomic E-state index is 0.0305. The number of carbonyl (C=O) groups is 2. The topological polar surface area (TPSA) is 61.8 Å². The van der Waals surface area contributed by atoms with Gasteiger partial charge in [-0.2, -0.15) is 0 Å². The van der Waals surface area contributed by atoms with Gasteiger partial charge in [0.2, 0.25) is 0 Å². The molecule has 21 heavy (non-hydrogen) atoms. The second kappa shape index (κ2) is 7.43. The zero-order chi connectivity index (χ0) is 16.0. The zero-order valence-corrected chi connectivity index (χ0v) is 14.1. The second-order valence-corrected chi connectivity index (χ2v) is 10.6. The molecule has 0 aromatic rings. The van der Waals surface area contributed by atoms with E-state index in [-0.39, 0.29) is 12.7 Å². The summed E-state index contributed by atoms with van der Waals surface area (Å²) in [4.78, 5) is 22.0. The molecule has 0 radical (unpaired) electrons. The fourth-order valence-corrected chi connectivity index (χ4v) is 2.23. The van der Waals surface area contributed by atoms with Gasteiger partial charge in [0.1, 0.15) is 33.0 Å². The molecule has 1 unspecified atom stereocenters. The van der Waals surface area contributed by atoms with E-state index in [4.69, 9.17) is 14.2 Å². The Bertz CT molecular complexity index is 481. The van der Waals surface area contributed by atoms with Crippen molar-refractivity contribution in [2.45, 2.75) is 51.8 Å². The van der Waals surface area contributed by atoms with Gasteiger partial charge in [0, 0.05) is 13.8 Å². The Morgan fingerprint density at radius 1 is 1.19 bits per heavy atom. The van der Waals surface area contributed by atoms with E-state index in [1.54, 1.807) is 12.2 Å². The molecule has 0 amide bonds. The molecule has 0 aromatic carbocycles. The summed E-state index contributed by atoms with van der Waals surface area (Å²) in [5.41, 5.74) is 3.23. The number of esters is 2. The van der Waals surface area contributed by atoms with Gasteiger partial charge >= 0.3 is 11.9 Å². The molecule has 6 heteroatoms. The van der Waals surface area contributed by atoms with E-state index in [1.165, 1.54) is 13.8 Å². The standard InChI is InChI=1S/C15H22O5Si/c1-11(16)18-10-15-14(19-12(2)17)7-6-13(20-15)8-9-21(3,4)5/h6-7,13-15H,10H2,1-5H3/t13?,14-,15+/m1/s1. The van der Waals surface area contributed by atoms with Crippen LogP contribution in [0.15, 0.2) is 12.2 Å². The molecule has 0 spiro atoms. The van der Waals surface area contributed by atoms with Gasteiger partial charge in [-0.1, -0.05) is 25.6 Å². The van der Waals surface area contributed by atoms with Crippen molar-refractivity contribution in [1.82, 2.24) is 0 Å². The van der Waals surface area contributed by atoms with Crippen molar-refractivity contribution in [3.8, 4) is 11.5 Å². The van der Waals surface area contributed by atoms with Crippen LogP contribution in [0.1, 0.15) is 13.8 Å². The van der Waals surface area contributed by atoms with E-state index in [9.17, 15) is 9.59 Å². The first kappa shape index (κ1) is 17.5. The molecule has 0 saturated carbocycles. The predicted octanol–water partition coefficient (Wildman–Crippen LogP) is 1.69. The van der Waals surface area contributed by atoms with Crippen molar-refractivity contribution in [2.75, 3.05) is 6.61 Å². The lowest BCUT2D eigenvalue weighted by molar-refractivity contribution is -0.161. The Kier molecular flexibility index (Phi) is 6.18. The smallest absolute Gasteiger partial charge is 0.303 e. The van der Waals surface area contributed by atoms with Crippen molar-refractivity contribution in [3.05, 3.63) is 12.2 Å². The van der Waals surface area contributed by atoms with Crippen LogP contribution in [0.5, 0.6) is 0 Å². The molecule has 0 saturated heterocycles. The van der Waals surface area contributed by atoms with Crippen molar-refractivity contribution >= 4 is 20.0 Å². The first-order chi connectivity index (χ1) is 9.67. The molecule has 0 fully saturated rings. The summed E-state index contributed by atoms with van der Waals surface area (Å²) in [5, 5.41) is 0. The fraction of sp³-hybridized carbons (Fsp3) is 0.600. The molecule has 0 aromatic heterocycles. The van der Waals surface area contributed by atoms with Crippen LogP contribution in [-0.2, 0) is 23.8 Å². The first-order valence-corrected chi connectivity index (χ1v) is 10.3. The van der Waals surface area contributed by atoms with Crippen molar-refractivity contribution < 1.29 is 23.8 Å². The molecule has 1 rings (SSSR count). The van der Waals surface area contributed by atoms with E-state index in [2.05, 4.69) is 31.1 Å². The normalized spacial score (nSPS) is 24.7. The molecule has 0 N–H and O–H groups in total. The van der Waals surface area contributed by atoms with E-state index < -0.39 is 32.2 Å². The summed E-state index contributed by atoms with van der Waals surface area (Å²) >= 11 is 0. The van der Waals surface area contributed by atoms with Crippen molar-refractivity contribution in [2.24, 2.45) is 0 Å². The number of hydrogen-bond acceptors (Lipinski definition) is 5. The lowest BCUT2D eigenvalue weighted by atomic mass is 10.1. The third-order valence-electron chi connectivity index (χ3n) is 2.51. The van der Waals surface area contributed by atoms with Gasteiger partial charge in [-0.15, -0.1) is 5.54 Å². The molecular formula is C15H22O5Si. The maximum atomic E-state index is 11.1. The molecule has 0 aliphatic carbocycles. The summed E-state index contributed by atoms with van der Waals surface area (Å²) in [6.45, 7) is 9.11. The SMILES string of the molecule is CC(=O)OC[C@@H]1OC(C#C[Si](C)(C)C)C=C[C@H]1OC(C)=O. The van der Waals surface area contributed by atoms with Crippen LogP contribution in [0, 0.1) is 11.5 Å². The molecule has 1 heterocycles.